The smallest absolute Gasteiger partial charge is 0.269 e. The molecule has 0 saturated heterocycles. The molecule has 0 spiro atoms. The number of halogens is 3. The van der Waals surface area contributed by atoms with Crippen LogP contribution in [0, 0.1) is 21.7 Å². The fraction of sp³-hybridized carbons (Fsp3) is 0.143. The van der Waals surface area contributed by atoms with E-state index < -0.39 is 16.6 Å². The Morgan fingerprint density at radius 3 is 2.38 bits per heavy atom. The molecule has 0 aliphatic heterocycles. The van der Waals surface area contributed by atoms with Crippen molar-refractivity contribution in [3.63, 3.8) is 0 Å². The third-order valence-electron chi connectivity index (χ3n) is 2.97. The number of nitro benzene ring substituents is 1. The molecule has 1 unspecified atom stereocenters. The Kier molecular flexibility index (Phi) is 4.37. The Hall–Kier alpha value is -2.21. The number of rotatable bonds is 4. The van der Waals surface area contributed by atoms with Crippen molar-refractivity contribution in [1.82, 2.24) is 0 Å². The van der Waals surface area contributed by atoms with E-state index in [-0.39, 0.29) is 22.4 Å². The summed E-state index contributed by atoms with van der Waals surface area (Å²) in [5.74, 6) is -1.56. The molecule has 2 aromatic carbocycles. The van der Waals surface area contributed by atoms with Gasteiger partial charge in [0.05, 0.1) is 15.6 Å². The highest BCUT2D eigenvalue weighted by molar-refractivity contribution is 6.33. The van der Waals surface area contributed by atoms with Gasteiger partial charge in [-0.25, -0.2) is 8.78 Å². The first-order chi connectivity index (χ1) is 9.88. The lowest BCUT2D eigenvalue weighted by Gasteiger charge is -2.17. The molecule has 0 aliphatic rings. The molecule has 1 atom stereocenters. The summed E-state index contributed by atoms with van der Waals surface area (Å²) in [6.45, 7) is 1.74. The highest BCUT2D eigenvalue weighted by Crippen LogP contribution is 2.30. The lowest BCUT2D eigenvalue weighted by Crippen LogP contribution is -2.09. The Labute approximate surface area is 124 Å². The number of nitrogens with one attached hydrogen (secondary N) is 1. The van der Waals surface area contributed by atoms with Crippen LogP contribution in [0.1, 0.15) is 18.5 Å². The molecule has 0 radical (unpaired) electrons. The molecule has 1 N–H and O–H groups in total. The van der Waals surface area contributed by atoms with Gasteiger partial charge >= 0.3 is 0 Å². The molecule has 7 heteroatoms. The molecule has 0 aromatic heterocycles. The van der Waals surface area contributed by atoms with Crippen LogP contribution in [0.2, 0.25) is 5.02 Å². The van der Waals surface area contributed by atoms with E-state index in [9.17, 15) is 18.9 Å². The second-order valence-corrected chi connectivity index (χ2v) is 4.87. The van der Waals surface area contributed by atoms with E-state index in [0.717, 1.165) is 12.1 Å². The number of anilines is 1. The van der Waals surface area contributed by atoms with Gasteiger partial charge in [0.25, 0.3) is 5.69 Å². The van der Waals surface area contributed by atoms with Crippen LogP contribution >= 0.6 is 11.6 Å². The first-order valence-corrected chi connectivity index (χ1v) is 6.41. The van der Waals surface area contributed by atoms with Crippen molar-refractivity contribution in [3.8, 4) is 0 Å². The maximum atomic E-state index is 13.7. The van der Waals surface area contributed by atoms with Crippen molar-refractivity contribution in [1.29, 1.82) is 0 Å². The molecule has 2 rings (SSSR count). The van der Waals surface area contributed by atoms with E-state index in [1.54, 1.807) is 19.1 Å². The Morgan fingerprint density at radius 1 is 1.24 bits per heavy atom. The van der Waals surface area contributed by atoms with E-state index in [2.05, 4.69) is 5.32 Å². The summed E-state index contributed by atoms with van der Waals surface area (Å²) in [5.41, 5.74) is 0.668. The van der Waals surface area contributed by atoms with Gasteiger partial charge < -0.3 is 5.32 Å². The average Bonchev–Trinajstić information content (AvgIpc) is 2.42. The van der Waals surface area contributed by atoms with E-state index in [1.807, 2.05) is 0 Å². The van der Waals surface area contributed by atoms with Crippen LogP contribution in [0.15, 0.2) is 36.4 Å². The maximum Gasteiger partial charge on any atom is 0.269 e. The van der Waals surface area contributed by atoms with Gasteiger partial charge in [0, 0.05) is 24.2 Å². The summed E-state index contributed by atoms with van der Waals surface area (Å²) in [6, 6.07) is 7.22. The molecule has 0 aliphatic carbocycles. The van der Waals surface area contributed by atoms with Crippen molar-refractivity contribution in [2.24, 2.45) is 0 Å². The number of non-ortho nitro benzene ring substituents is 1. The van der Waals surface area contributed by atoms with E-state index in [4.69, 9.17) is 11.6 Å². The minimum Gasteiger partial charge on any atom is -0.375 e. The molecule has 21 heavy (non-hydrogen) atoms. The van der Waals surface area contributed by atoms with Gasteiger partial charge in [0.2, 0.25) is 0 Å². The van der Waals surface area contributed by atoms with Gasteiger partial charge in [-0.15, -0.1) is 0 Å². The topological polar surface area (TPSA) is 55.2 Å². The molecule has 0 fully saturated rings. The molecular formula is C14H11ClF2N2O2. The first kappa shape index (κ1) is 15.2. The van der Waals surface area contributed by atoms with Crippen molar-refractivity contribution in [2.75, 3.05) is 5.32 Å². The van der Waals surface area contributed by atoms with Gasteiger partial charge in [-0.05, 0) is 18.6 Å². The summed E-state index contributed by atoms with van der Waals surface area (Å²) in [4.78, 5) is 10.1. The second-order valence-electron chi connectivity index (χ2n) is 4.46. The van der Waals surface area contributed by atoms with Crippen molar-refractivity contribution >= 4 is 23.0 Å². The number of hydrogen-bond donors (Lipinski definition) is 1. The summed E-state index contributed by atoms with van der Waals surface area (Å²) in [6.07, 6.45) is 0. The third-order valence-corrected chi connectivity index (χ3v) is 3.27. The molecule has 0 saturated carbocycles. The van der Waals surface area contributed by atoms with Crippen LogP contribution < -0.4 is 5.32 Å². The number of nitrogens with zero attached hydrogens (tertiary/aromatic N) is 1. The highest BCUT2D eigenvalue weighted by atomic mass is 35.5. The highest BCUT2D eigenvalue weighted by Gasteiger charge is 2.14. The molecule has 2 aromatic rings. The van der Waals surface area contributed by atoms with E-state index >= 15 is 0 Å². The number of nitro groups is 1. The summed E-state index contributed by atoms with van der Waals surface area (Å²) >= 11 is 5.80. The van der Waals surface area contributed by atoms with E-state index in [0.29, 0.717) is 5.56 Å². The first-order valence-electron chi connectivity index (χ1n) is 6.04. The van der Waals surface area contributed by atoms with Gasteiger partial charge in [0.15, 0.2) is 5.82 Å². The normalized spacial score (nSPS) is 12.0. The third kappa shape index (κ3) is 3.46. The largest absolute Gasteiger partial charge is 0.375 e. The van der Waals surface area contributed by atoms with Crippen molar-refractivity contribution in [3.05, 3.63) is 68.7 Å². The predicted molar refractivity (Wildman–Crippen MR) is 76.5 cm³/mol. The number of benzene rings is 2. The van der Waals surface area contributed by atoms with Crippen molar-refractivity contribution < 1.29 is 13.7 Å². The number of hydrogen-bond acceptors (Lipinski definition) is 3. The molecule has 110 valence electrons. The standard InChI is InChI=1S/C14H11ClF2N2O2/c1-8(9-2-4-11(5-3-9)19(20)21)18-14-12(15)6-10(16)7-13(14)17/h2-8,18H,1H3. The summed E-state index contributed by atoms with van der Waals surface area (Å²) < 4.78 is 26.7. The minimum absolute atomic E-state index is 0.0103. The van der Waals surface area contributed by atoms with Gasteiger partial charge in [0.1, 0.15) is 5.82 Å². The predicted octanol–water partition coefficient (Wildman–Crippen LogP) is 4.70. The van der Waals surface area contributed by atoms with E-state index in [1.165, 1.54) is 12.1 Å². The molecule has 0 heterocycles. The van der Waals surface area contributed by atoms with Crippen LogP contribution in [0.25, 0.3) is 0 Å². The van der Waals surface area contributed by atoms with Crippen LogP contribution in [-0.4, -0.2) is 4.92 Å². The lowest BCUT2D eigenvalue weighted by atomic mass is 10.1. The van der Waals surface area contributed by atoms with Crippen molar-refractivity contribution in [2.45, 2.75) is 13.0 Å². The zero-order valence-electron chi connectivity index (χ0n) is 10.9. The minimum atomic E-state index is -0.797. The van der Waals surface area contributed by atoms with Crippen LogP contribution in [0.3, 0.4) is 0 Å². The Bertz CT molecular complexity index is 654. The zero-order chi connectivity index (χ0) is 15.6. The Morgan fingerprint density at radius 2 is 1.86 bits per heavy atom. The summed E-state index contributed by atoms with van der Waals surface area (Å²) in [7, 11) is 0. The SMILES string of the molecule is CC(Nc1c(F)cc(F)cc1Cl)c1ccc([N+](=O)[O-])cc1. The van der Waals surface area contributed by atoms with Crippen LogP contribution in [0.4, 0.5) is 20.2 Å². The van der Waals surface area contributed by atoms with Crippen LogP contribution in [0.5, 0.6) is 0 Å². The lowest BCUT2D eigenvalue weighted by molar-refractivity contribution is -0.384. The second kappa shape index (κ2) is 6.05. The zero-order valence-corrected chi connectivity index (χ0v) is 11.7. The van der Waals surface area contributed by atoms with Gasteiger partial charge in [-0.2, -0.15) is 0 Å². The summed E-state index contributed by atoms with van der Waals surface area (Å²) in [5, 5.41) is 13.3. The quantitative estimate of drug-likeness (QED) is 0.657. The fourth-order valence-corrected chi connectivity index (χ4v) is 2.11. The molecule has 0 bridgehead atoms. The van der Waals surface area contributed by atoms with Crippen LogP contribution in [-0.2, 0) is 0 Å². The Balaban J connectivity index is 2.22. The average molecular weight is 313 g/mol. The van der Waals surface area contributed by atoms with Gasteiger partial charge in [-0.1, -0.05) is 23.7 Å². The monoisotopic (exact) mass is 312 g/mol. The maximum absolute atomic E-state index is 13.7. The van der Waals surface area contributed by atoms with Gasteiger partial charge in [-0.3, -0.25) is 10.1 Å². The molecule has 0 amide bonds. The molecular weight excluding hydrogens is 302 g/mol. The fourth-order valence-electron chi connectivity index (χ4n) is 1.86. The molecule has 4 nitrogen and oxygen atoms in total.